The summed E-state index contributed by atoms with van der Waals surface area (Å²) in [5.41, 5.74) is 7.94. The molecule has 3 heterocycles. The van der Waals surface area contributed by atoms with E-state index in [4.69, 9.17) is 5.73 Å². The Bertz CT molecular complexity index is 1350. The van der Waals surface area contributed by atoms with Crippen LogP contribution in [0.2, 0.25) is 0 Å². The van der Waals surface area contributed by atoms with E-state index in [2.05, 4.69) is 4.98 Å². The fourth-order valence-corrected chi connectivity index (χ4v) is 5.05. The Morgan fingerprint density at radius 3 is 2.71 bits per heavy atom. The molecule has 0 saturated heterocycles. The highest BCUT2D eigenvalue weighted by atomic mass is 19.1. The smallest absolute Gasteiger partial charge is 0.257 e. The van der Waals surface area contributed by atoms with Crippen molar-refractivity contribution in [1.82, 2.24) is 9.55 Å². The number of aldehydes is 1. The molecule has 2 aliphatic rings. The second kappa shape index (κ2) is 6.70. The van der Waals surface area contributed by atoms with E-state index in [0.29, 0.717) is 29.6 Å². The zero-order valence-corrected chi connectivity index (χ0v) is 17.0. The number of aromatic nitrogens is 2. The number of rotatable bonds is 4. The van der Waals surface area contributed by atoms with Crippen LogP contribution in [0.4, 0.5) is 10.1 Å². The summed E-state index contributed by atoms with van der Waals surface area (Å²) >= 11 is 0. The summed E-state index contributed by atoms with van der Waals surface area (Å²) in [6.07, 6.45) is 2.67. The summed E-state index contributed by atoms with van der Waals surface area (Å²) in [4.78, 5) is 29.6. The molecule has 0 saturated carbocycles. The molecule has 1 atom stereocenters. The van der Waals surface area contributed by atoms with Crippen molar-refractivity contribution in [3.05, 3.63) is 56.1 Å². The van der Waals surface area contributed by atoms with E-state index in [0.717, 1.165) is 34.9 Å². The van der Waals surface area contributed by atoms with E-state index in [-0.39, 0.29) is 29.8 Å². The normalized spacial score (nSPS) is 16.1. The van der Waals surface area contributed by atoms with Crippen LogP contribution in [0, 0.1) is 5.82 Å². The molecule has 2 aromatic heterocycles. The van der Waals surface area contributed by atoms with E-state index in [9.17, 15) is 24.2 Å². The van der Waals surface area contributed by atoms with Crippen molar-refractivity contribution in [3.63, 3.8) is 0 Å². The highest BCUT2D eigenvalue weighted by Gasteiger charge is 2.35. The number of nitrogens with zero attached hydrogens (tertiary/aromatic N) is 2. The molecule has 3 aromatic rings. The molecule has 8 heteroatoms. The first-order chi connectivity index (χ1) is 14.8. The summed E-state index contributed by atoms with van der Waals surface area (Å²) in [5.74, 6) is -0.518. The van der Waals surface area contributed by atoms with E-state index in [1.54, 1.807) is 13.0 Å². The molecule has 0 amide bonds. The Balaban J connectivity index is 1.86. The SMILES string of the molecule is CC[C@@](O)(C=O)c1cc2n(c(=O)c1CO)Cc1c-2nc2cc(F)c(N)c3c2c1CCC3. The second-order valence-electron chi connectivity index (χ2n) is 8.28. The Kier molecular flexibility index (Phi) is 4.29. The number of nitrogen functional groups attached to an aromatic ring is 1. The maximum absolute atomic E-state index is 14.5. The minimum Gasteiger partial charge on any atom is -0.396 e. The van der Waals surface area contributed by atoms with Crippen LogP contribution in [0.25, 0.3) is 22.3 Å². The third-order valence-corrected chi connectivity index (χ3v) is 6.76. The van der Waals surface area contributed by atoms with Crippen LogP contribution in [0.3, 0.4) is 0 Å². The third-order valence-electron chi connectivity index (χ3n) is 6.76. The lowest BCUT2D eigenvalue weighted by Crippen LogP contribution is -2.34. The Labute approximate surface area is 177 Å². The van der Waals surface area contributed by atoms with E-state index < -0.39 is 23.6 Å². The van der Waals surface area contributed by atoms with Crippen molar-refractivity contribution < 1.29 is 19.4 Å². The van der Waals surface area contributed by atoms with E-state index >= 15 is 0 Å². The van der Waals surface area contributed by atoms with Gasteiger partial charge in [-0.2, -0.15) is 0 Å². The van der Waals surface area contributed by atoms with Crippen molar-refractivity contribution >= 4 is 22.9 Å². The number of fused-ring (bicyclic) bond motifs is 4. The monoisotopic (exact) mass is 423 g/mol. The van der Waals surface area contributed by atoms with Gasteiger partial charge in [-0.15, -0.1) is 0 Å². The zero-order valence-electron chi connectivity index (χ0n) is 17.0. The van der Waals surface area contributed by atoms with Crippen molar-refractivity contribution in [1.29, 1.82) is 0 Å². The highest BCUT2D eigenvalue weighted by molar-refractivity contribution is 5.94. The summed E-state index contributed by atoms with van der Waals surface area (Å²) in [6.45, 7) is 1.28. The minimum atomic E-state index is -1.89. The summed E-state index contributed by atoms with van der Waals surface area (Å²) in [6, 6.07) is 2.88. The topological polar surface area (TPSA) is 118 Å². The van der Waals surface area contributed by atoms with Crippen LogP contribution in [0.5, 0.6) is 0 Å². The number of carbonyl (C=O) groups is 1. The number of anilines is 1. The first-order valence-corrected chi connectivity index (χ1v) is 10.3. The van der Waals surface area contributed by atoms with Crippen molar-refractivity contribution in [2.75, 3.05) is 5.73 Å². The van der Waals surface area contributed by atoms with Gasteiger partial charge in [-0.3, -0.25) is 9.59 Å². The fourth-order valence-electron chi connectivity index (χ4n) is 5.05. The first kappa shape index (κ1) is 19.8. The van der Waals surface area contributed by atoms with Crippen LogP contribution in [0.1, 0.15) is 47.6 Å². The second-order valence-corrected chi connectivity index (χ2v) is 8.28. The predicted molar refractivity (Wildman–Crippen MR) is 113 cm³/mol. The molecular formula is C23H22FN3O4. The van der Waals surface area contributed by atoms with Crippen LogP contribution in [-0.4, -0.2) is 26.1 Å². The number of aliphatic hydroxyl groups is 2. The number of hydrogen-bond acceptors (Lipinski definition) is 6. The lowest BCUT2D eigenvalue weighted by Gasteiger charge is -2.24. The van der Waals surface area contributed by atoms with E-state index in [1.807, 2.05) is 0 Å². The third kappa shape index (κ3) is 2.55. The molecule has 160 valence electrons. The van der Waals surface area contributed by atoms with Gasteiger partial charge in [0.15, 0.2) is 6.29 Å². The van der Waals surface area contributed by atoms with Crippen LogP contribution in [0.15, 0.2) is 16.9 Å². The van der Waals surface area contributed by atoms with Gasteiger partial charge in [0.1, 0.15) is 11.4 Å². The number of benzene rings is 1. The summed E-state index contributed by atoms with van der Waals surface area (Å²) in [5, 5.41) is 21.5. The van der Waals surface area contributed by atoms with Gasteiger partial charge >= 0.3 is 0 Å². The molecule has 0 bridgehead atoms. The predicted octanol–water partition coefficient (Wildman–Crippen LogP) is 1.92. The molecule has 0 radical (unpaired) electrons. The maximum Gasteiger partial charge on any atom is 0.257 e. The van der Waals surface area contributed by atoms with Crippen molar-refractivity contribution in [2.24, 2.45) is 0 Å². The van der Waals surface area contributed by atoms with Gasteiger partial charge in [0.2, 0.25) is 0 Å². The first-order valence-electron chi connectivity index (χ1n) is 10.3. The standard InChI is InChI=1S/C23H22FN3O4/c1-2-23(31,10-29)15-6-18-21-13(8-27(18)22(30)14(15)9-28)11-4-3-5-12-19(11)17(26-21)7-16(24)20(12)25/h6-7,10,28,31H,2-5,8-9,25H2,1H3/t23-/m1/s1. The Morgan fingerprint density at radius 2 is 2.03 bits per heavy atom. The summed E-state index contributed by atoms with van der Waals surface area (Å²) < 4.78 is 16.0. The lowest BCUT2D eigenvalue weighted by molar-refractivity contribution is -0.125. The number of halogens is 1. The van der Waals surface area contributed by atoms with E-state index in [1.165, 1.54) is 10.6 Å². The van der Waals surface area contributed by atoms with Gasteiger partial charge < -0.3 is 20.5 Å². The largest absolute Gasteiger partial charge is 0.396 e. The number of pyridine rings is 2. The average Bonchev–Trinajstić information content (AvgIpc) is 3.16. The van der Waals surface area contributed by atoms with Gasteiger partial charge in [-0.25, -0.2) is 9.37 Å². The molecule has 31 heavy (non-hydrogen) atoms. The summed E-state index contributed by atoms with van der Waals surface area (Å²) in [7, 11) is 0. The number of hydrogen-bond donors (Lipinski definition) is 3. The molecule has 1 aliphatic heterocycles. The number of nitrogens with two attached hydrogens (primary N) is 1. The molecule has 1 aromatic carbocycles. The van der Waals surface area contributed by atoms with Crippen LogP contribution >= 0.6 is 0 Å². The molecule has 5 rings (SSSR count). The molecular weight excluding hydrogens is 401 g/mol. The molecule has 4 N–H and O–H groups in total. The average molecular weight is 423 g/mol. The molecule has 0 unspecified atom stereocenters. The number of carbonyl (C=O) groups excluding carboxylic acids is 1. The lowest BCUT2D eigenvalue weighted by atomic mass is 9.85. The zero-order chi connectivity index (χ0) is 22.1. The van der Waals surface area contributed by atoms with Gasteiger partial charge in [-0.1, -0.05) is 6.92 Å². The molecule has 0 fully saturated rings. The maximum atomic E-state index is 14.5. The van der Waals surface area contributed by atoms with Crippen LogP contribution in [-0.2, 0) is 36.4 Å². The Hall–Kier alpha value is -3.10. The molecule has 0 spiro atoms. The molecule has 1 aliphatic carbocycles. The van der Waals surface area contributed by atoms with Gasteiger partial charge in [-0.05, 0) is 42.9 Å². The Morgan fingerprint density at radius 1 is 1.29 bits per heavy atom. The number of aliphatic hydroxyl groups excluding tert-OH is 1. The number of aryl methyl sites for hydroxylation is 2. The van der Waals surface area contributed by atoms with Crippen molar-refractivity contribution in [3.8, 4) is 11.4 Å². The molecule has 7 nitrogen and oxygen atoms in total. The van der Waals surface area contributed by atoms with Gasteiger partial charge in [0, 0.05) is 28.1 Å². The quantitative estimate of drug-likeness (QED) is 0.341. The fraction of sp³-hybridized carbons (Fsp3) is 0.348. The highest BCUT2D eigenvalue weighted by Crippen LogP contribution is 2.42. The van der Waals surface area contributed by atoms with Crippen LogP contribution < -0.4 is 11.3 Å². The minimum absolute atomic E-state index is 0.0119. The van der Waals surface area contributed by atoms with Gasteiger partial charge in [0.05, 0.1) is 35.7 Å². The van der Waals surface area contributed by atoms with Gasteiger partial charge in [0.25, 0.3) is 5.56 Å². The van der Waals surface area contributed by atoms with Crippen molar-refractivity contribution in [2.45, 2.75) is 51.4 Å².